The Bertz CT molecular complexity index is 505. The lowest BCUT2D eigenvalue weighted by atomic mass is 10.1. The Labute approximate surface area is 117 Å². The van der Waals surface area contributed by atoms with Crippen LogP contribution in [0.3, 0.4) is 0 Å². The van der Waals surface area contributed by atoms with E-state index in [2.05, 4.69) is 19.1 Å². The molecule has 0 unspecified atom stereocenters. The fraction of sp³-hybridized carbons (Fsp3) is 0.286. The van der Waals surface area contributed by atoms with Gasteiger partial charge >= 0.3 is 0 Å². The highest BCUT2D eigenvalue weighted by molar-refractivity contribution is 8.26. The van der Waals surface area contributed by atoms with Crippen molar-refractivity contribution in [3.8, 4) is 0 Å². The summed E-state index contributed by atoms with van der Waals surface area (Å²) in [6, 6.07) is 8.26. The first-order valence-corrected chi connectivity index (χ1v) is 7.22. The highest BCUT2D eigenvalue weighted by Crippen LogP contribution is 2.32. The molecule has 94 valence electrons. The predicted molar refractivity (Wildman–Crippen MR) is 81.4 cm³/mol. The average Bonchev–Trinajstić information content (AvgIpc) is 2.65. The van der Waals surface area contributed by atoms with Gasteiger partial charge in [0.05, 0.1) is 4.91 Å². The maximum atomic E-state index is 12.0. The van der Waals surface area contributed by atoms with Crippen LogP contribution in [0.5, 0.6) is 0 Å². The van der Waals surface area contributed by atoms with E-state index in [0.29, 0.717) is 15.8 Å². The molecule has 0 spiro atoms. The number of aryl methyl sites for hydroxylation is 1. The summed E-state index contributed by atoms with van der Waals surface area (Å²) < 4.78 is 0.652. The van der Waals surface area contributed by atoms with Crippen molar-refractivity contribution in [3.05, 3.63) is 40.3 Å². The molecule has 0 saturated carbocycles. The molecule has 1 aromatic carbocycles. The molecule has 1 heterocycles. The van der Waals surface area contributed by atoms with Gasteiger partial charge in [0.25, 0.3) is 5.91 Å². The van der Waals surface area contributed by atoms with Gasteiger partial charge in [0.15, 0.2) is 0 Å². The SMILES string of the molecule is CCc1ccc(/C=C2/SC(=S)N(CC)C2=O)cc1. The Morgan fingerprint density at radius 1 is 1.28 bits per heavy atom. The quantitative estimate of drug-likeness (QED) is 0.623. The number of carbonyl (C=O) groups excluding carboxylic acids is 1. The van der Waals surface area contributed by atoms with E-state index in [9.17, 15) is 4.79 Å². The van der Waals surface area contributed by atoms with Gasteiger partial charge in [0, 0.05) is 6.54 Å². The zero-order chi connectivity index (χ0) is 13.1. The molecule has 0 atom stereocenters. The van der Waals surface area contributed by atoms with Crippen molar-refractivity contribution in [1.82, 2.24) is 4.90 Å². The Morgan fingerprint density at radius 3 is 2.44 bits per heavy atom. The van der Waals surface area contributed by atoms with Crippen LogP contribution in [0.4, 0.5) is 0 Å². The first kappa shape index (κ1) is 13.3. The Balaban J connectivity index is 2.23. The van der Waals surface area contributed by atoms with Crippen LogP contribution in [0.15, 0.2) is 29.2 Å². The summed E-state index contributed by atoms with van der Waals surface area (Å²) in [5.41, 5.74) is 2.34. The molecular formula is C14H15NOS2. The van der Waals surface area contributed by atoms with E-state index >= 15 is 0 Å². The van der Waals surface area contributed by atoms with E-state index in [-0.39, 0.29) is 5.91 Å². The van der Waals surface area contributed by atoms with Crippen molar-refractivity contribution in [2.45, 2.75) is 20.3 Å². The monoisotopic (exact) mass is 277 g/mol. The normalized spacial score (nSPS) is 17.9. The predicted octanol–water partition coefficient (Wildman–Crippen LogP) is 3.47. The minimum Gasteiger partial charge on any atom is -0.293 e. The van der Waals surface area contributed by atoms with Gasteiger partial charge in [0.2, 0.25) is 0 Å². The Morgan fingerprint density at radius 2 is 1.94 bits per heavy atom. The van der Waals surface area contributed by atoms with Gasteiger partial charge < -0.3 is 0 Å². The Hall–Kier alpha value is -1.13. The molecule has 18 heavy (non-hydrogen) atoms. The number of rotatable bonds is 3. The molecule has 4 heteroatoms. The largest absolute Gasteiger partial charge is 0.293 e. The second-order valence-corrected chi connectivity index (χ2v) is 5.70. The number of thioether (sulfide) groups is 1. The highest BCUT2D eigenvalue weighted by atomic mass is 32.2. The molecule has 0 N–H and O–H groups in total. The zero-order valence-electron chi connectivity index (χ0n) is 10.5. The number of carbonyl (C=O) groups is 1. The van der Waals surface area contributed by atoms with Gasteiger partial charge in [-0.1, -0.05) is 55.2 Å². The van der Waals surface area contributed by atoms with Gasteiger partial charge in [-0.15, -0.1) is 0 Å². The molecule has 0 radical (unpaired) electrons. The van der Waals surface area contributed by atoms with E-state index in [0.717, 1.165) is 12.0 Å². The highest BCUT2D eigenvalue weighted by Gasteiger charge is 2.30. The molecule has 1 aliphatic rings. The van der Waals surface area contributed by atoms with Crippen molar-refractivity contribution < 1.29 is 4.79 Å². The third-order valence-electron chi connectivity index (χ3n) is 2.88. The van der Waals surface area contributed by atoms with Gasteiger partial charge in [-0.3, -0.25) is 9.69 Å². The van der Waals surface area contributed by atoms with Crippen molar-refractivity contribution in [2.24, 2.45) is 0 Å². The van der Waals surface area contributed by atoms with Crippen LogP contribution in [0, 0.1) is 0 Å². The summed E-state index contributed by atoms with van der Waals surface area (Å²) in [6.45, 7) is 4.70. The lowest BCUT2D eigenvalue weighted by molar-refractivity contribution is -0.121. The van der Waals surface area contributed by atoms with E-state index in [1.165, 1.54) is 17.3 Å². The van der Waals surface area contributed by atoms with Crippen LogP contribution in [0.25, 0.3) is 6.08 Å². The van der Waals surface area contributed by atoms with Crippen molar-refractivity contribution in [3.63, 3.8) is 0 Å². The number of nitrogens with zero attached hydrogens (tertiary/aromatic N) is 1. The number of amides is 1. The fourth-order valence-corrected chi connectivity index (χ4v) is 3.16. The molecular weight excluding hydrogens is 262 g/mol. The molecule has 0 aliphatic carbocycles. The first-order valence-electron chi connectivity index (χ1n) is 6.00. The van der Waals surface area contributed by atoms with E-state index < -0.39 is 0 Å². The summed E-state index contributed by atoms with van der Waals surface area (Å²) in [4.78, 5) is 14.4. The maximum absolute atomic E-state index is 12.0. The minimum atomic E-state index is 0.0204. The summed E-state index contributed by atoms with van der Waals surface area (Å²) in [6.07, 6.45) is 2.94. The molecule has 1 aliphatic heterocycles. The van der Waals surface area contributed by atoms with Gasteiger partial charge in [-0.25, -0.2) is 0 Å². The smallest absolute Gasteiger partial charge is 0.266 e. The summed E-state index contributed by atoms with van der Waals surface area (Å²) in [7, 11) is 0. The molecule has 2 rings (SSSR count). The van der Waals surface area contributed by atoms with Crippen LogP contribution >= 0.6 is 24.0 Å². The molecule has 1 amide bonds. The van der Waals surface area contributed by atoms with Crippen LogP contribution in [-0.2, 0) is 11.2 Å². The number of hydrogen-bond acceptors (Lipinski definition) is 3. The van der Waals surface area contributed by atoms with Crippen LogP contribution < -0.4 is 0 Å². The molecule has 0 aromatic heterocycles. The average molecular weight is 277 g/mol. The van der Waals surface area contributed by atoms with Crippen LogP contribution in [0.1, 0.15) is 25.0 Å². The minimum absolute atomic E-state index is 0.0204. The maximum Gasteiger partial charge on any atom is 0.266 e. The first-order chi connectivity index (χ1) is 8.65. The molecule has 1 fully saturated rings. The summed E-state index contributed by atoms with van der Waals surface area (Å²) in [5, 5.41) is 0. The van der Waals surface area contributed by atoms with Crippen molar-refractivity contribution in [1.29, 1.82) is 0 Å². The van der Waals surface area contributed by atoms with E-state index in [1.54, 1.807) is 4.90 Å². The fourth-order valence-electron chi connectivity index (χ4n) is 1.77. The lowest BCUT2D eigenvalue weighted by Gasteiger charge is -2.09. The lowest BCUT2D eigenvalue weighted by Crippen LogP contribution is -2.27. The second kappa shape index (κ2) is 5.67. The van der Waals surface area contributed by atoms with Crippen LogP contribution in [0.2, 0.25) is 0 Å². The van der Waals surface area contributed by atoms with E-state index in [1.807, 2.05) is 25.1 Å². The third-order valence-corrected chi connectivity index (χ3v) is 4.25. The second-order valence-electron chi connectivity index (χ2n) is 4.02. The third kappa shape index (κ3) is 2.65. The number of thiocarbonyl (C=S) groups is 1. The molecule has 0 bridgehead atoms. The van der Waals surface area contributed by atoms with Gasteiger partial charge in [-0.05, 0) is 30.5 Å². The summed E-state index contributed by atoms with van der Waals surface area (Å²) >= 11 is 6.56. The standard InChI is InChI=1S/C14H15NOS2/c1-3-10-5-7-11(8-6-10)9-12-13(16)15(4-2)14(17)18-12/h5-9H,3-4H2,1-2H3/b12-9+. The van der Waals surface area contributed by atoms with Gasteiger partial charge in [-0.2, -0.15) is 0 Å². The van der Waals surface area contributed by atoms with Crippen molar-refractivity contribution in [2.75, 3.05) is 6.54 Å². The molecule has 1 aromatic rings. The van der Waals surface area contributed by atoms with Gasteiger partial charge in [0.1, 0.15) is 4.32 Å². The van der Waals surface area contributed by atoms with Crippen LogP contribution in [-0.4, -0.2) is 21.7 Å². The summed E-state index contributed by atoms with van der Waals surface area (Å²) in [5.74, 6) is 0.0204. The van der Waals surface area contributed by atoms with E-state index in [4.69, 9.17) is 12.2 Å². The Kier molecular flexibility index (Phi) is 4.19. The number of benzene rings is 1. The number of likely N-dealkylation sites (N-methyl/N-ethyl adjacent to an activating group) is 1. The van der Waals surface area contributed by atoms with Crippen molar-refractivity contribution >= 4 is 40.3 Å². The topological polar surface area (TPSA) is 20.3 Å². The number of hydrogen-bond donors (Lipinski definition) is 0. The zero-order valence-corrected chi connectivity index (χ0v) is 12.1. The molecule has 2 nitrogen and oxygen atoms in total. The molecule has 1 saturated heterocycles.